The van der Waals surface area contributed by atoms with Crippen molar-refractivity contribution >= 4 is 16.9 Å². The second-order valence-corrected chi connectivity index (χ2v) is 13.5. The SMILES string of the molecule is COc1nc(-c2cccc(-c3cccc(-c4cc5c(=N)n(CCN6CC[C@@H](C(=O)O)C6)cc(C#N)c5o4)c3C)c2C)cnc1CN1CC[C@@H](O)C1. The number of nitrogens with zero attached hydrogens (tertiary/aromatic N) is 6. The topological polar surface area (TPSA) is 165 Å². The van der Waals surface area contributed by atoms with E-state index in [4.69, 9.17) is 24.5 Å². The number of benzene rings is 2. The summed E-state index contributed by atoms with van der Waals surface area (Å²) in [4.78, 5) is 25.2. The molecule has 0 unspecified atom stereocenters. The number of methoxy groups -OCH3 is 1. The molecule has 51 heavy (non-hydrogen) atoms. The number of nitrogens with one attached hydrogen (secondary N) is 1. The van der Waals surface area contributed by atoms with Gasteiger partial charge in [-0.2, -0.15) is 5.26 Å². The van der Waals surface area contributed by atoms with Crippen molar-refractivity contribution in [2.75, 3.05) is 39.8 Å². The number of carboxylic acid groups (broad SMARTS) is 1. The molecule has 2 aromatic carbocycles. The quantitative estimate of drug-likeness (QED) is 0.183. The minimum atomic E-state index is -0.774. The summed E-state index contributed by atoms with van der Waals surface area (Å²) in [6, 6.07) is 16.2. The number of carboxylic acids is 1. The van der Waals surface area contributed by atoms with Gasteiger partial charge in [-0.15, -0.1) is 0 Å². The number of aliphatic hydroxyl groups excluding tert-OH is 1. The molecule has 2 saturated heterocycles. The van der Waals surface area contributed by atoms with Gasteiger partial charge in [-0.3, -0.25) is 20.1 Å². The Bertz CT molecular complexity index is 2240. The number of fused-ring (bicyclic) bond motifs is 1. The van der Waals surface area contributed by atoms with Crippen LogP contribution < -0.4 is 10.2 Å². The molecule has 262 valence electrons. The lowest BCUT2D eigenvalue weighted by Crippen LogP contribution is -2.30. The summed E-state index contributed by atoms with van der Waals surface area (Å²) >= 11 is 0. The molecule has 7 rings (SSSR count). The average Bonchev–Trinajstić information content (AvgIpc) is 3.89. The zero-order valence-electron chi connectivity index (χ0n) is 29.0. The Morgan fingerprint density at radius 2 is 1.75 bits per heavy atom. The number of carbonyl (C=O) groups is 1. The molecule has 3 aromatic heterocycles. The molecule has 12 nitrogen and oxygen atoms in total. The van der Waals surface area contributed by atoms with E-state index >= 15 is 0 Å². The molecule has 2 aliphatic rings. The first-order valence-electron chi connectivity index (χ1n) is 17.2. The molecule has 2 aliphatic heterocycles. The van der Waals surface area contributed by atoms with E-state index in [0.717, 1.165) is 52.0 Å². The number of likely N-dealkylation sites (tertiary alicyclic amines) is 2. The van der Waals surface area contributed by atoms with Gasteiger partial charge in [0.2, 0.25) is 5.88 Å². The summed E-state index contributed by atoms with van der Waals surface area (Å²) in [6.07, 6.45) is 4.49. The average molecular weight is 688 g/mol. The van der Waals surface area contributed by atoms with Crippen LogP contribution in [-0.2, 0) is 17.9 Å². The highest BCUT2D eigenvalue weighted by Gasteiger charge is 2.28. The number of hydrogen-bond donors (Lipinski definition) is 3. The van der Waals surface area contributed by atoms with E-state index in [0.29, 0.717) is 79.6 Å². The number of aromatic nitrogens is 3. The number of aliphatic carboxylic acids is 1. The van der Waals surface area contributed by atoms with Crippen molar-refractivity contribution in [3.05, 3.63) is 82.7 Å². The normalized spacial score (nSPS) is 18.0. The minimum absolute atomic E-state index is 0.242. The van der Waals surface area contributed by atoms with Crippen LogP contribution in [0, 0.1) is 36.5 Å². The number of aliphatic hydroxyl groups is 1. The first-order valence-corrected chi connectivity index (χ1v) is 17.2. The van der Waals surface area contributed by atoms with Gasteiger partial charge in [0.1, 0.15) is 28.6 Å². The van der Waals surface area contributed by atoms with Crippen LogP contribution in [0.3, 0.4) is 0 Å². The molecule has 3 N–H and O–H groups in total. The first kappa shape index (κ1) is 34.1. The molecule has 0 spiro atoms. The van der Waals surface area contributed by atoms with Gasteiger partial charge in [-0.05, 0) is 61.6 Å². The molecule has 12 heteroatoms. The monoisotopic (exact) mass is 687 g/mol. The largest absolute Gasteiger partial charge is 0.481 e. The highest BCUT2D eigenvalue weighted by Crippen LogP contribution is 2.38. The fourth-order valence-corrected chi connectivity index (χ4v) is 7.44. The molecule has 5 aromatic rings. The highest BCUT2D eigenvalue weighted by molar-refractivity contribution is 5.88. The van der Waals surface area contributed by atoms with E-state index in [-0.39, 0.29) is 17.5 Å². The third kappa shape index (κ3) is 6.63. The summed E-state index contributed by atoms with van der Waals surface area (Å²) in [7, 11) is 1.60. The molecule has 5 heterocycles. The summed E-state index contributed by atoms with van der Waals surface area (Å²) in [5.74, 6) is -0.100. The van der Waals surface area contributed by atoms with Crippen molar-refractivity contribution in [2.24, 2.45) is 5.92 Å². The smallest absolute Gasteiger partial charge is 0.307 e. The van der Waals surface area contributed by atoms with Crippen LogP contribution in [0.2, 0.25) is 0 Å². The summed E-state index contributed by atoms with van der Waals surface area (Å²) < 4.78 is 13.7. The lowest BCUT2D eigenvalue weighted by atomic mass is 9.90. The van der Waals surface area contributed by atoms with E-state index in [1.165, 1.54) is 0 Å². The Kier molecular flexibility index (Phi) is 9.44. The van der Waals surface area contributed by atoms with Crippen LogP contribution in [0.25, 0.3) is 44.7 Å². The fraction of sp³-hybridized carbons (Fsp3) is 0.359. The van der Waals surface area contributed by atoms with E-state index in [1.807, 2.05) is 37.3 Å². The summed E-state index contributed by atoms with van der Waals surface area (Å²) in [6.45, 7) is 8.34. The predicted octanol–water partition coefficient (Wildman–Crippen LogP) is 4.97. The summed E-state index contributed by atoms with van der Waals surface area (Å²) in [5.41, 5.74) is 8.26. The lowest BCUT2D eigenvalue weighted by Gasteiger charge is -2.17. The van der Waals surface area contributed by atoms with Gasteiger partial charge in [0.15, 0.2) is 5.58 Å². The van der Waals surface area contributed by atoms with Gasteiger partial charge in [-0.1, -0.05) is 36.4 Å². The van der Waals surface area contributed by atoms with Crippen molar-refractivity contribution in [3.8, 4) is 45.7 Å². The van der Waals surface area contributed by atoms with Gasteiger partial charge in [0, 0.05) is 56.6 Å². The maximum Gasteiger partial charge on any atom is 0.307 e. The summed E-state index contributed by atoms with van der Waals surface area (Å²) in [5, 5.41) is 38.9. The Balaban J connectivity index is 1.19. The van der Waals surface area contributed by atoms with Crippen molar-refractivity contribution in [3.63, 3.8) is 0 Å². The Morgan fingerprint density at radius 1 is 1.04 bits per heavy atom. The zero-order chi connectivity index (χ0) is 35.8. The number of rotatable bonds is 10. The van der Waals surface area contributed by atoms with Crippen molar-refractivity contribution in [1.29, 1.82) is 10.7 Å². The molecule has 0 saturated carbocycles. The highest BCUT2D eigenvalue weighted by atomic mass is 16.5. The molecule has 0 amide bonds. The maximum atomic E-state index is 11.4. The number of hydrogen-bond acceptors (Lipinski definition) is 10. The third-order valence-corrected chi connectivity index (χ3v) is 10.3. The van der Waals surface area contributed by atoms with Crippen LogP contribution in [0.15, 0.2) is 59.3 Å². The van der Waals surface area contributed by atoms with Crippen LogP contribution >= 0.6 is 0 Å². The van der Waals surface area contributed by atoms with E-state index in [2.05, 4.69) is 34.9 Å². The first-order chi connectivity index (χ1) is 24.6. The molecule has 2 atom stereocenters. The van der Waals surface area contributed by atoms with E-state index in [9.17, 15) is 20.3 Å². The van der Waals surface area contributed by atoms with Crippen molar-refractivity contribution < 1.29 is 24.2 Å². The number of nitriles is 1. The molecule has 2 fully saturated rings. The van der Waals surface area contributed by atoms with Gasteiger partial charge in [0.05, 0.1) is 36.4 Å². The predicted molar refractivity (Wildman–Crippen MR) is 191 cm³/mol. The fourth-order valence-electron chi connectivity index (χ4n) is 7.44. The second kappa shape index (κ2) is 14.1. The van der Waals surface area contributed by atoms with Crippen LogP contribution in [0.1, 0.15) is 35.2 Å². The molecular formula is C39H41N7O5. The van der Waals surface area contributed by atoms with Gasteiger partial charge in [-0.25, -0.2) is 4.98 Å². The van der Waals surface area contributed by atoms with Gasteiger partial charge < -0.3 is 28.8 Å². The molecule has 0 radical (unpaired) electrons. The van der Waals surface area contributed by atoms with Crippen LogP contribution in [0.4, 0.5) is 0 Å². The zero-order valence-corrected chi connectivity index (χ0v) is 29.0. The van der Waals surface area contributed by atoms with E-state index < -0.39 is 5.97 Å². The Labute approximate surface area is 295 Å². The van der Waals surface area contributed by atoms with Gasteiger partial charge >= 0.3 is 5.97 Å². The maximum absolute atomic E-state index is 11.4. The molecule has 0 bridgehead atoms. The van der Waals surface area contributed by atoms with Crippen molar-refractivity contribution in [2.45, 2.75) is 45.9 Å². The molecular weight excluding hydrogens is 646 g/mol. The lowest BCUT2D eigenvalue weighted by molar-refractivity contribution is -0.141. The van der Waals surface area contributed by atoms with Crippen molar-refractivity contribution in [1.82, 2.24) is 24.3 Å². The number of β-amino-alcohol motifs (C(OH)–C–C–N with tert-alkyl or cyclic N) is 1. The second-order valence-electron chi connectivity index (χ2n) is 13.5. The van der Waals surface area contributed by atoms with Gasteiger partial charge in [0.25, 0.3) is 0 Å². The Hall–Kier alpha value is -5.35. The minimum Gasteiger partial charge on any atom is -0.481 e. The van der Waals surface area contributed by atoms with Crippen LogP contribution in [0.5, 0.6) is 5.88 Å². The molecule has 0 aliphatic carbocycles. The number of furan rings is 1. The standard InChI is InChI=1S/C39H41N7O5/c1-23-28(6-4-8-30(23)33-18-42-34(38(43-33)50-3)22-45-13-11-27(47)21-45)29-7-5-9-31(24(29)2)35-16-32-36(51-35)26(17-40)20-46(37(32)41)15-14-44-12-10-25(19-44)39(48)49/h4-9,16,18,20,25,27,41,47H,10-15,19,21-22H2,1-3H3,(H,48,49)/t25-,27-/m1/s1. The third-order valence-electron chi connectivity index (χ3n) is 10.3. The Morgan fingerprint density at radius 3 is 2.41 bits per heavy atom. The number of pyridine rings is 1. The number of ether oxygens (including phenoxy) is 1. The van der Waals surface area contributed by atoms with E-state index in [1.54, 1.807) is 24.1 Å². The van der Waals surface area contributed by atoms with Crippen LogP contribution in [-0.4, -0.2) is 86.5 Å².